The number of hydrogen-bond donors (Lipinski definition) is 1. The van der Waals surface area contributed by atoms with Crippen LogP contribution in [0.5, 0.6) is 0 Å². The number of benzene rings is 1. The van der Waals surface area contributed by atoms with E-state index in [-0.39, 0.29) is 7.33 Å². The molecule has 7 nitrogen and oxygen atoms in total. The lowest BCUT2D eigenvalue weighted by atomic mass is 9.94. The van der Waals surface area contributed by atoms with Crippen molar-refractivity contribution in [3.63, 3.8) is 0 Å². The molecular formula is C31H47N5O2S. The number of rotatable bonds is 10. The summed E-state index contributed by atoms with van der Waals surface area (Å²) in [7, 11) is 0. The van der Waals surface area contributed by atoms with Crippen LogP contribution in [0.4, 0.5) is 0 Å². The average molecular weight is 554 g/mol. The third-order valence-corrected chi connectivity index (χ3v) is 8.83. The number of likely N-dealkylation sites (tertiary alicyclic amines) is 1. The van der Waals surface area contributed by atoms with Crippen molar-refractivity contribution in [1.82, 2.24) is 25.1 Å². The maximum Gasteiger partial charge on any atom is 0.254 e. The Kier molecular flexibility index (Phi) is 10.8. The lowest BCUT2D eigenvalue weighted by molar-refractivity contribution is 0.0667. The van der Waals surface area contributed by atoms with Gasteiger partial charge in [-0.3, -0.25) is 4.79 Å². The third-order valence-electron chi connectivity index (χ3n) is 8.42. The van der Waals surface area contributed by atoms with Crippen LogP contribution in [0.3, 0.4) is 0 Å². The molecule has 4 rings (SSSR count). The van der Waals surface area contributed by atoms with E-state index < -0.39 is 0 Å². The first kappa shape index (κ1) is 29.6. The number of nitrogens with zero attached hydrogens (tertiary/aromatic N) is 4. The van der Waals surface area contributed by atoms with Gasteiger partial charge in [-0.2, -0.15) is 0 Å². The Bertz CT molecular complexity index is 1100. The van der Waals surface area contributed by atoms with Crippen LogP contribution in [0.25, 0.3) is 0 Å². The van der Waals surface area contributed by atoms with Crippen molar-refractivity contribution in [3.8, 4) is 0 Å². The first-order chi connectivity index (χ1) is 18.8. The van der Waals surface area contributed by atoms with Crippen molar-refractivity contribution in [2.75, 3.05) is 32.8 Å². The van der Waals surface area contributed by atoms with Gasteiger partial charge in [-0.15, -0.1) is 0 Å². The van der Waals surface area contributed by atoms with E-state index in [0.29, 0.717) is 30.1 Å². The summed E-state index contributed by atoms with van der Waals surface area (Å²) in [5, 5.41) is 3.08. The van der Waals surface area contributed by atoms with Gasteiger partial charge in [0.05, 0.1) is 21.9 Å². The van der Waals surface area contributed by atoms with Gasteiger partial charge in [0.25, 0.3) is 5.91 Å². The van der Waals surface area contributed by atoms with Crippen LogP contribution < -0.4 is 5.32 Å². The lowest BCUT2D eigenvalue weighted by Crippen LogP contribution is -2.49. The molecule has 1 N–H and O–H groups in total. The molecule has 0 bridgehead atoms. The zero-order valence-corrected chi connectivity index (χ0v) is 24.9. The Balaban J connectivity index is 0.00000441. The summed E-state index contributed by atoms with van der Waals surface area (Å²) in [5.41, 5.74) is 4.67. The Labute approximate surface area is 241 Å². The number of hydrogen-bond acceptors (Lipinski definition) is 6. The molecule has 1 unspecified atom stereocenters. The van der Waals surface area contributed by atoms with Gasteiger partial charge in [0.2, 0.25) is 0 Å². The number of carbonyl (C=O) groups excluding carboxylic acids is 1. The highest BCUT2D eigenvalue weighted by Gasteiger charge is 2.29. The molecule has 2 saturated heterocycles. The molecule has 0 aliphatic carbocycles. The largest absolute Gasteiger partial charge is 0.381 e. The number of amides is 1. The number of nitrogens with one attached hydrogen (secondary N) is 1. The monoisotopic (exact) mass is 553 g/mol. The highest BCUT2D eigenvalue weighted by atomic mass is 32.1. The fourth-order valence-corrected chi connectivity index (χ4v) is 6.42. The maximum absolute atomic E-state index is 12.7. The predicted molar refractivity (Wildman–Crippen MR) is 162 cm³/mol. The molecule has 2 fully saturated rings. The number of piperidine rings is 1. The molecule has 2 aliphatic heterocycles. The molecule has 2 aliphatic rings. The van der Waals surface area contributed by atoms with Crippen LogP contribution in [0.1, 0.15) is 79.7 Å². The molecule has 2 aromatic rings. The van der Waals surface area contributed by atoms with Gasteiger partial charge in [-0.25, -0.2) is 9.97 Å². The summed E-state index contributed by atoms with van der Waals surface area (Å²) >= 11 is 6.11. The third kappa shape index (κ3) is 8.29. The molecule has 8 heteroatoms. The van der Waals surface area contributed by atoms with Crippen LogP contribution in [-0.4, -0.2) is 75.6 Å². The van der Waals surface area contributed by atoms with Crippen LogP contribution in [0.15, 0.2) is 30.6 Å². The summed E-state index contributed by atoms with van der Waals surface area (Å²) in [6, 6.07) is 9.70. The van der Waals surface area contributed by atoms with E-state index in [2.05, 4.69) is 63.2 Å². The Morgan fingerprint density at radius 2 is 1.85 bits per heavy atom. The molecule has 0 spiro atoms. The van der Waals surface area contributed by atoms with Crippen LogP contribution >= 0.6 is 12.2 Å². The molecule has 0 radical (unpaired) electrons. The second-order valence-corrected chi connectivity index (χ2v) is 11.8. The van der Waals surface area contributed by atoms with Crippen LogP contribution in [-0.2, 0) is 11.3 Å². The van der Waals surface area contributed by atoms with E-state index in [4.69, 9.17) is 17.0 Å². The molecule has 0 saturated carbocycles. The minimum Gasteiger partial charge on any atom is -0.381 e. The summed E-state index contributed by atoms with van der Waals surface area (Å²) in [6.07, 6.45) is 7.85. The van der Waals surface area contributed by atoms with E-state index in [1.54, 1.807) is 0 Å². The standard InChI is InChI=1S/C31H45N5O2S.H2/c1-22-6-5-7-27(18-22)20-36(29(39)19-26-11-16-38-17-12-26)28-9-14-35(15-10-28)23(2)8-13-32-31(37)30-24(3)33-21-34-25(30)4;/h5-7,18,21,23,26,28H,8-17,19-20H2,1-4H3,(H,32,37);1H. The number of ether oxygens (including phenoxy) is 1. The Hall–Kier alpha value is -2.42. The van der Waals surface area contributed by atoms with Crippen molar-refractivity contribution >= 4 is 23.1 Å². The smallest absolute Gasteiger partial charge is 0.254 e. The molecule has 214 valence electrons. The van der Waals surface area contributed by atoms with Crippen molar-refractivity contribution in [2.24, 2.45) is 5.92 Å². The number of aryl methyl sites for hydroxylation is 3. The minimum absolute atomic E-state index is 0. The second-order valence-electron chi connectivity index (χ2n) is 11.4. The van der Waals surface area contributed by atoms with Crippen LogP contribution in [0.2, 0.25) is 0 Å². The minimum atomic E-state index is -0.0821. The number of aromatic nitrogens is 2. The molecular weight excluding hydrogens is 506 g/mol. The number of carbonyl (C=O) groups is 1. The molecule has 1 aromatic heterocycles. The van der Waals surface area contributed by atoms with Gasteiger partial charge in [-0.05, 0) is 71.3 Å². The van der Waals surface area contributed by atoms with Gasteiger partial charge in [0.15, 0.2) is 0 Å². The topological polar surface area (TPSA) is 70.6 Å². The summed E-state index contributed by atoms with van der Waals surface area (Å²) in [5.74, 6) is 0.554. The van der Waals surface area contributed by atoms with Gasteiger partial charge < -0.3 is 19.9 Å². The van der Waals surface area contributed by atoms with E-state index in [0.717, 1.165) is 87.7 Å². The molecule has 39 heavy (non-hydrogen) atoms. The van der Waals surface area contributed by atoms with Crippen molar-refractivity contribution in [3.05, 3.63) is 58.7 Å². The first-order valence-corrected chi connectivity index (χ1v) is 15.0. The van der Waals surface area contributed by atoms with E-state index in [1.165, 1.54) is 17.5 Å². The zero-order chi connectivity index (χ0) is 27.8. The average Bonchev–Trinajstić information content (AvgIpc) is 2.92. The van der Waals surface area contributed by atoms with Gasteiger partial charge >= 0.3 is 0 Å². The van der Waals surface area contributed by atoms with Crippen molar-refractivity contribution in [2.45, 2.75) is 84.8 Å². The number of thiocarbonyl (C=S) groups is 1. The fraction of sp³-hybridized carbons (Fsp3) is 0.613. The van der Waals surface area contributed by atoms with E-state index in [9.17, 15) is 4.79 Å². The maximum atomic E-state index is 12.7. The fourth-order valence-electron chi connectivity index (χ4n) is 5.97. The molecule has 1 amide bonds. The Morgan fingerprint density at radius 1 is 1.15 bits per heavy atom. The second kappa shape index (κ2) is 14.3. The Morgan fingerprint density at radius 3 is 2.51 bits per heavy atom. The van der Waals surface area contributed by atoms with Gasteiger partial charge in [0, 0.05) is 59.3 Å². The van der Waals surface area contributed by atoms with E-state index >= 15 is 0 Å². The van der Waals surface area contributed by atoms with E-state index in [1.807, 2.05) is 13.8 Å². The molecule has 1 aromatic carbocycles. The SMILES string of the molecule is Cc1cccc(CN(C(=S)CC2CCOCC2)C2CCN(C(C)CCNC(=O)c3c(C)ncnc3C)CC2)c1.[HH]. The summed E-state index contributed by atoms with van der Waals surface area (Å²) in [6.45, 7) is 13.5. The first-order valence-electron chi connectivity index (χ1n) is 14.5. The normalized spacial score (nSPS) is 18.1. The van der Waals surface area contributed by atoms with Gasteiger partial charge in [-0.1, -0.05) is 42.0 Å². The highest BCUT2D eigenvalue weighted by molar-refractivity contribution is 7.80. The van der Waals surface area contributed by atoms with Crippen molar-refractivity contribution in [1.29, 1.82) is 0 Å². The lowest BCUT2D eigenvalue weighted by Gasteiger charge is -2.42. The van der Waals surface area contributed by atoms with Crippen LogP contribution in [0, 0.1) is 26.7 Å². The highest BCUT2D eigenvalue weighted by Crippen LogP contribution is 2.26. The quantitative estimate of drug-likeness (QED) is 0.402. The summed E-state index contributed by atoms with van der Waals surface area (Å²) in [4.78, 5) is 27.3. The predicted octanol–water partition coefficient (Wildman–Crippen LogP) is 5.27. The van der Waals surface area contributed by atoms with Gasteiger partial charge in [0.1, 0.15) is 6.33 Å². The molecule has 1 atom stereocenters. The summed E-state index contributed by atoms with van der Waals surface area (Å²) < 4.78 is 5.58. The van der Waals surface area contributed by atoms with Crippen molar-refractivity contribution < 1.29 is 11.0 Å². The molecule has 3 heterocycles. The zero-order valence-electron chi connectivity index (χ0n) is 24.1.